The van der Waals surface area contributed by atoms with Gasteiger partial charge in [0.2, 0.25) is 5.88 Å². The molecule has 3 rings (SSSR count). The zero-order valence-corrected chi connectivity index (χ0v) is 11.5. The SMILES string of the molecule is N#Cc1cccc(Oc2ccc3cc(B(O)O)ccc3n2)c1. The minimum absolute atomic E-state index is 0.403. The number of ether oxygens (including phenoxy) is 1. The minimum Gasteiger partial charge on any atom is -0.439 e. The lowest BCUT2D eigenvalue weighted by Crippen LogP contribution is -2.29. The predicted molar refractivity (Wildman–Crippen MR) is 82.8 cm³/mol. The molecule has 6 heteroatoms. The number of fused-ring (bicyclic) bond motifs is 1. The Kier molecular flexibility index (Phi) is 3.75. The maximum absolute atomic E-state index is 9.17. The summed E-state index contributed by atoms with van der Waals surface area (Å²) in [7, 11) is -1.51. The molecule has 0 saturated carbocycles. The van der Waals surface area contributed by atoms with E-state index in [0.29, 0.717) is 28.2 Å². The van der Waals surface area contributed by atoms with Crippen LogP contribution in [0.2, 0.25) is 0 Å². The van der Waals surface area contributed by atoms with Crippen molar-refractivity contribution in [1.29, 1.82) is 5.26 Å². The highest BCUT2D eigenvalue weighted by atomic mass is 16.5. The Balaban J connectivity index is 1.92. The molecule has 0 aliphatic heterocycles. The summed E-state index contributed by atoms with van der Waals surface area (Å²) in [6, 6.07) is 17.3. The molecule has 0 unspecified atom stereocenters. The topological polar surface area (TPSA) is 86.4 Å². The summed E-state index contributed by atoms with van der Waals surface area (Å²) < 4.78 is 5.65. The molecule has 0 aliphatic rings. The maximum Gasteiger partial charge on any atom is 0.488 e. The molecule has 0 spiro atoms. The van der Waals surface area contributed by atoms with Gasteiger partial charge in [-0.15, -0.1) is 0 Å². The van der Waals surface area contributed by atoms with E-state index in [1.807, 2.05) is 0 Å². The van der Waals surface area contributed by atoms with Crippen LogP contribution in [0.5, 0.6) is 11.6 Å². The Morgan fingerprint density at radius 2 is 1.91 bits per heavy atom. The number of nitriles is 1. The number of pyridine rings is 1. The number of aromatic nitrogens is 1. The van der Waals surface area contributed by atoms with Crippen LogP contribution in [0, 0.1) is 11.3 Å². The van der Waals surface area contributed by atoms with Crippen LogP contribution >= 0.6 is 0 Å². The first-order chi connectivity index (χ1) is 10.7. The molecule has 2 aromatic carbocycles. The predicted octanol–water partition coefficient (Wildman–Crippen LogP) is 1.58. The van der Waals surface area contributed by atoms with Crippen molar-refractivity contribution in [2.75, 3.05) is 0 Å². The van der Waals surface area contributed by atoms with E-state index < -0.39 is 7.12 Å². The quantitative estimate of drug-likeness (QED) is 0.715. The van der Waals surface area contributed by atoms with Gasteiger partial charge < -0.3 is 14.8 Å². The van der Waals surface area contributed by atoms with Crippen LogP contribution in [0.15, 0.2) is 54.6 Å². The lowest BCUT2D eigenvalue weighted by Gasteiger charge is -2.07. The molecular weight excluding hydrogens is 279 g/mol. The van der Waals surface area contributed by atoms with Crippen molar-refractivity contribution in [3.63, 3.8) is 0 Å². The Morgan fingerprint density at radius 1 is 1.05 bits per heavy atom. The summed E-state index contributed by atoms with van der Waals surface area (Å²) in [6.07, 6.45) is 0. The highest BCUT2D eigenvalue weighted by Crippen LogP contribution is 2.22. The van der Waals surface area contributed by atoms with Crippen LogP contribution in [-0.2, 0) is 0 Å². The molecule has 0 amide bonds. The number of rotatable bonds is 3. The van der Waals surface area contributed by atoms with Crippen molar-refractivity contribution >= 4 is 23.5 Å². The van der Waals surface area contributed by atoms with Gasteiger partial charge in [-0.2, -0.15) is 5.26 Å². The van der Waals surface area contributed by atoms with Gasteiger partial charge in [-0.05, 0) is 35.8 Å². The van der Waals surface area contributed by atoms with Crippen molar-refractivity contribution < 1.29 is 14.8 Å². The van der Waals surface area contributed by atoms with Crippen molar-refractivity contribution in [3.05, 3.63) is 60.2 Å². The summed E-state index contributed by atoms with van der Waals surface area (Å²) in [5.74, 6) is 0.938. The number of nitrogens with zero attached hydrogens (tertiary/aromatic N) is 2. The fourth-order valence-corrected chi connectivity index (χ4v) is 2.09. The molecule has 106 valence electrons. The first-order valence-corrected chi connectivity index (χ1v) is 6.60. The van der Waals surface area contributed by atoms with Crippen LogP contribution in [0.1, 0.15) is 5.56 Å². The molecule has 5 nitrogen and oxygen atoms in total. The van der Waals surface area contributed by atoms with Crippen LogP contribution < -0.4 is 10.2 Å². The number of benzene rings is 2. The maximum atomic E-state index is 9.17. The molecule has 2 N–H and O–H groups in total. The van der Waals surface area contributed by atoms with E-state index in [9.17, 15) is 0 Å². The van der Waals surface area contributed by atoms with E-state index >= 15 is 0 Å². The van der Waals surface area contributed by atoms with Crippen molar-refractivity contribution in [2.24, 2.45) is 0 Å². The third-order valence-corrected chi connectivity index (χ3v) is 3.17. The Labute approximate surface area is 127 Å². The van der Waals surface area contributed by atoms with Crippen LogP contribution in [0.4, 0.5) is 0 Å². The summed E-state index contributed by atoms with van der Waals surface area (Å²) in [5.41, 5.74) is 1.60. The van der Waals surface area contributed by atoms with Gasteiger partial charge in [0.15, 0.2) is 0 Å². The minimum atomic E-state index is -1.51. The summed E-state index contributed by atoms with van der Waals surface area (Å²) >= 11 is 0. The molecule has 1 heterocycles. The largest absolute Gasteiger partial charge is 0.488 e. The Morgan fingerprint density at radius 3 is 2.68 bits per heavy atom. The highest BCUT2D eigenvalue weighted by molar-refractivity contribution is 6.58. The standard InChI is InChI=1S/C16H11BN2O3/c18-10-11-2-1-3-14(8-11)22-16-7-4-12-9-13(17(20)21)5-6-15(12)19-16/h1-9,20-21H. The van der Waals surface area contributed by atoms with Gasteiger partial charge in [0.25, 0.3) is 0 Å². The Bertz CT molecular complexity index is 875. The molecule has 0 fully saturated rings. The molecule has 22 heavy (non-hydrogen) atoms. The third kappa shape index (κ3) is 2.91. The van der Waals surface area contributed by atoms with Gasteiger partial charge in [-0.25, -0.2) is 4.98 Å². The van der Waals surface area contributed by atoms with E-state index in [1.165, 1.54) is 0 Å². The molecule has 0 aliphatic carbocycles. The van der Waals surface area contributed by atoms with Crippen molar-refractivity contribution in [2.45, 2.75) is 0 Å². The zero-order chi connectivity index (χ0) is 15.5. The van der Waals surface area contributed by atoms with Gasteiger partial charge in [0, 0.05) is 11.5 Å². The van der Waals surface area contributed by atoms with Gasteiger partial charge in [-0.3, -0.25) is 0 Å². The second-order valence-electron chi connectivity index (χ2n) is 4.72. The van der Waals surface area contributed by atoms with Crippen molar-refractivity contribution in [3.8, 4) is 17.7 Å². The van der Waals surface area contributed by atoms with Gasteiger partial charge in [0.1, 0.15) is 5.75 Å². The van der Waals surface area contributed by atoms with Crippen molar-refractivity contribution in [1.82, 2.24) is 4.98 Å². The zero-order valence-electron chi connectivity index (χ0n) is 11.5. The Hall–Kier alpha value is -2.88. The van der Waals surface area contributed by atoms with E-state index in [4.69, 9.17) is 20.0 Å². The average Bonchev–Trinajstić information content (AvgIpc) is 2.54. The second kappa shape index (κ2) is 5.86. The molecule has 0 bridgehead atoms. The monoisotopic (exact) mass is 290 g/mol. The molecule has 3 aromatic rings. The number of hydrogen-bond donors (Lipinski definition) is 2. The normalized spacial score (nSPS) is 10.2. The van der Waals surface area contributed by atoms with Gasteiger partial charge in [0.05, 0.1) is 17.1 Å². The first kappa shape index (κ1) is 14.1. The third-order valence-electron chi connectivity index (χ3n) is 3.17. The first-order valence-electron chi connectivity index (χ1n) is 6.60. The van der Waals surface area contributed by atoms with Crippen LogP contribution in [0.25, 0.3) is 10.9 Å². The fraction of sp³-hybridized carbons (Fsp3) is 0. The molecular formula is C16H11BN2O3. The summed E-state index contributed by atoms with van der Waals surface area (Å²) in [5, 5.41) is 28.0. The van der Waals surface area contributed by atoms with E-state index in [0.717, 1.165) is 5.39 Å². The summed E-state index contributed by atoms with van der Waals surface area (Å²) in [6.45, 7) is 0. The van der Waals surface area contributed by atoms with Crippen LogP contribution in [-0.4, -0.2) is 22.2 Å². The van der Waals surface area contributed by atoms with Gasteiger partial charge in [-0.1, -0.05) is 18.2 Å². The lowest BCUT2D eigenvalue weighted by molar-refractivity contribution is 0.426. The van der Waals surface area contributed by atoms with Gasteiger partial charge >= 0.3 is 7.12 Å². The fourth-order valence-electron chi connectivity index (χ4n) is 2.09. The van der Waals surface area contributed by atoms with E-state index in [1.54, 1.807) is 54.6 Å². The molecule has 0 saturated heterocycles. The summed E-state index contributed by atoms with van der Waals surface area (Å²) in [4.78, 5) is 4.36. The number of hydrogen-bond acceptors (Lipinski definition) is 5. The van der Waals surface area contributed by atoms with E-state index in [-0.39, 0.29) is 0 Å². The van der Waals surface area contributed by atoms with Crippen LogP contribution in [0.3, 0.4) is 0 Å². The molecule has 0 atom stereocenters. The molecule has 1 aromatic heterocycles. The lowest BCUT2D eigenvalue weighted by atomic mass is 9.80. The highest BCUT2D eigenvalue weighted by Gasteiger charge is 2.11. The second-order valence-corrected chi connectivity index (χ2v) is 4.72. The van der Waals surface area contributed by atoms with E-state index in [2.05, 4.69) is 11.1 Å². The average molecular weight is 290 g/mol. The molecule has 0 radical (unpaired) electrons. The smallest absolute Gasteiger partial charge is 0.439 e.